The molecular formula is C17H12ClF3N4O. The summed E-state index contributed by atoms with van der Waals surface area (Å²) >= 11 is 6.08. The van der Waals surface area contributed by atoms with Gasteiger partial charge in [0.1, 0.15) is 10.8 Å². The third-order valence-electron chi connectivity index (χ3n) is 3.12. The molecule has 0 amide bonds. The Morgan fingerprint density at radius 1 is 0.885 bits per heavy atom. The zero-order chi connectivity index (χ0) is 18.6. The summed E-state index contributed by atoms with van der Waals surface area (Å²) in [5.41, 5.74) is 1.29. The molecule has 2 aromatic carbocycles. The van der Waals surface area contributed by atoms with Crippen molar-refractivity contribution in [1.82, 2.24) is 9.97 Å². The highest BCUT2D eigenvalue weighted by molar-refractivity contribution is 6.32. The molecule has 0 aliphatic heterocycles. The molecule has 0 aliphatic carbocycles. The molecule has 0 saturated heterocycles. The van der Waals surface area contributed by atoms with Crippen molar-refractivity contribution < 1.29 is 17.9 Å². The molecule has 5 nitrogen and oxygen atoms in total. The predicted molar refractivity (Wildman–Crippen MR) is 93.2 cm³/mol. The molecule has 1 heterocycles. The van der Waals surface area contributed by atoms with Crippen LogP contribution in [0.3, 0.4) is 0 Å². The lowest BCUT2D eigenvalue weighted by molar-refractivity contribution is -0.274. The summed E-state index contributed by atoms with van der Waals surface area (Å²) < 4.78 is 40.4. The van der Waals surface area contributed by atoms with Gasteiger partial charge < -0.3 is 15.4 Å². The average molecular weight is 381 g/mol. The fourth-order valence-corrected chi connectivity index (χ4v) is 2.18. The highest BCUT2D eigenvalue weighted by atomic mass is 35.5. The van der Waals surface area contributed by atoms with E-state index < -0.39 is 6.36 Å². The first-order chi connectivity index (χ1) is 12.4. The summed E-state index contributed by atoms with van der Waals surface area (Å²) in [4.78, 5) is 8.36. The van der Waals surface area contributed by atoms with E-state index in [2.05, 4.69) is 25.3 Å². The Morgan fingerprint density at radius 3 is 2.19 bits per heavy atom. The fraction of sp³-hybridized carbons (Fsp3) is 0.0588. The standard InChI is InChI=1S/C17H12ClF3N4O/c18-14-10-22-16(24-11-4-2-1-3-5-11)25-15(14)23-12-6-8-13(9-7-12)26-17(19,20)21/h1-10H,(H2,22,23,24,25). The number of benzene rings is 2. The van der Waals surface area contributed by atoms with E-state index in [1.807, 2.05) is 30.3 Å². The van der Waals surface area contributed by atoms with E-state index in [-0.39, 0.29) is 10.8 Å². The van der Waals surface area contributed by atoms with E-state index in [1.54, 1.807) is 0 Å². The van der Waals surface area contributed by atoms with Crippen molar-refractivity contribution in [3.63, 3.8) is 0 Å². The normalized spacial score (nSPS) is 11.1. The number of hydrogen-bond donors (Lipinski definition) is 2. The first-order valence-electron chi connectivity index (χ1n) is 7.36. The molecule has 0 saturated carbocycles. The molecule has 0 spiro atoms. The van der Waals surface area contributed by atoms with E-state index in [0.29, 0.717) is 17.5 Å². The second-order valence-electron chi connectivity index (χ2n) is 5.08. The van der Waals surface area contributed by atoms with E-state index in [4.69, 9.17) is 11.6 Å². The van der Waals surface area contributed by atoms with Crippen molar-refractivity contribution in [2.45, 2.75) is 6.36 Å². The second kappa shape index (κ2) is 7.49. The van der Waals surface area contributed by atoms with Crippen molar-refractivity contribution in [2.75, 3.05) is 10.6 Å². The molecular weight excluding hydrogens is 369 g/mol. The Balaban J connectivity index is 1.74. The van der Waals surface area contributed by atoms with Gasteiger partial charge in [-0.3, -0.25) is 0 Å². The highest BCUT2D eigenvalue weighted by Gasteiger charge is 2.30. The number of halogens is 4. The van der Waals surface area contributed by atoms with Gasteiger partial charge in [-0.1, -0.05) is 29.8 Å². The number of anilines is 4. The molecule has 26 heavy (non-hydrogen) atoms. The molecule has 3 rings (SSSR count). The van der Waals surface area contributed by atoms with Crippen LogP contribution in [-0.2, 0) is 0 Å². The highest BCUT2D eigenvalue weighted by Crippen LogP contribution is 2.27. The number of hydrogen-bond acceptors (Lipinski definition) is 5. The lowest BCUT2D eigenvalue weighted by atomic mass is 10.3. The van der Waals surface area contributed by atoms with Crippen LogP contribution in [-0.4, -0.2) is 16.3 Å². The smallest absolute Gasteiger partial charge is 0.406 e. The van der Waals surface area contributed by atoms with Gasteiger partial charge in [0.2, 0.25) is 5.95 Å². The minimum Gasteiger partial charge on any atom is -0.406 e. The third kappa shape index (κ3) is 5.00. The maximum Gasteiger partial charge on any atom is 0.573 e. The van der Waals surface area contributed by atoms with E-state index >= 15 is 0 Å². The average Bonchev–Trinajstić information content (AvgIpc) is 2.59. The molecule has 0 unspecified atom stereocenters. The quantitative estimate of drug-likeness (QED) is 0.610. The molecule has 0 radical (unpaired) electrons. The minimum absolute atomic E-state index is 0.263. The number of nitrogens with zero attached hydrogens (tertiary/aromatic N) is 2. The topological polar surface area (TPSA) is 59.1 Å². The largest absolute Gasteiger partial charge is 0.573 e. The third-order valence-corrected chi connectivity index (χ3v) is 3.40. The van der Waals surface area contributed by atoms with Gasteiger partial charge in [0, 0.05) is 11.4 Å². The van der Waals surface area contributed by atoms with Crippen molar-refractivity contribution in [3.05, 3.63) is 65.8 Å². The number of ether oxygens (including phenoxy) is 1. The summed E-state index contributed by atoms with van der Waals surface area (Å²) in [6.45, 7) is 0. The Labute approximate surface area is 151 Å². The summed E-state index contributed by atoms with van der Waals surface area (Å²) in [6, 6.07) is 14.5. The molecule has 9 heteroatoms. The first kappa shape index (κ1) is 17.8. The molecule has 0 bridgehead atoms. The van der Waals surface area contributed by atoms with Gasteiger partial charge in [-0.05, 0) is 36.4 Å². The summed E-state index contributed by atoms with van der Waals surface area (Å²) in [5, 5.41) is 6.22. The van der Waals surface area contributed by atoms with Gasteiger partial charge in [-0.25, -0.2) is 4.98 Å². The molecule has 134 valence electrons. The molecule has 1 aromatic heterocycles. The van der Waals surface area contributed by atoms with Crippen LogP contribution in [0.15, 0.2) is 60.8 Å². The van der Waals surface area contributed by atoms with Gasteiger partial charge in [-0.15, -0.1) is 13.2 Å². The number of alkyl halides is 3. The zero-order valence-corrected chi connectivity index (χ0v) is 13.8. The van der Waals surface area contributed by atoms with Crippen molar-refractivity contribution in [2.24, 2.45) is 0 Å². The van der Waals surface area contributed by atoms with Crippen LogP contribution in [0.2, 0.25) is 5.02 Å². The summed E-state index contributed by atoms with van der Waals surface area (Å²) in [5.74, 6) is 0.313. The minimum atomic E-state index is -4.73. The summed E-state index contributed by atoms with van der Waals surface area (Å²) in [7, 11) is 0. The Hall–Kier alpha value is -3.00. The van der Waals surface area contributed by atoms with Gasteiger partial charge in [0.25, 0.3) is 0 Å². The van der Waals surface area contributed by atoms with Crippen molar-refractivity contribution >= 4 is 34.7 Å². The van der Waals surface area contributed by atoms with Crippen molar-refractivity contribution in [1.29, 1.82) is 0 Å². The van der Waals surface area contributed by atoms with E-state index in [9.17, 15) is 13.2 Å². The van der Waals surface area contributed by atoms with Crippen LogP contribution in [0, 0.1) is 0 Å². The number of para-hydroxylation sites is 1. The Kier molecular flexibility index (Phi) is 5.13. The van der Waals surface area contributed by atoms with Crippen LogP contribution >= 0.6 is 11.6 Å². The van der Waals surface area contributed by atoms with Crippen LogP contribution in [0.4, 0.5) is 36.3 Å². The lowest BCUT2D eigenvalue weighted by Gasteiger charge is -2.12. The zero-order valence-electron chi connectivity index (χ0n) is 13.1. The van der Waals surface area contributed by atoms with Gasteiger partial charge in [0.15, 0.2) is 5.82 Å². The molecule has 0 fully saturated rings. The van der Waals surface area contributed by atoms with Gasteiger partial charge in [0.05, 0.1) is 6.20 Å². The monoisotopic (exact) mass is 380 g/mol. The predicted octanol–water partition coefficient (Wildman–Crippen LogP) is 5.52. The van der Waals surface area contributed by atoms with Crippen molar-refractivity contribution in [3.8, 4) is 5.75 Å². The lowest BCUT2D eigenvalue weighted by Crippen LogP contribution is -2.16. The molecule has 3 aromatic rings. The fourth-order valence-electron chi connectivity index (χ4n) is 2.04. The van der Waals surface area contributed by atoms with Crippen LogP contribution in [0.5, 0.6) is 5.75 Å². The Morgan fingerprint density at radius 2 is 1.54 bits per heavy atom. The molecule has 2 N–H and O–H groups in total. The van der Waals surface area contributed by atoms with Crippen LogP contribution in [0.1, 0.15) is 0 Å². The SMILES string of the molecule is FC(F)(F)Oc1ccc(Nc2nc(Nc3ccccc3)ncc2Cl)cc1. The van der Waals surface area contributed by atoms with Crippen LogP contribution < -0.4 is 15.4 Å². The first-order valence-corrected chi connectivity index (χ1v) is 7.74. The van der Waals surface area contributed by atoms with Crippen LogP contribution in [0.25, 0.3) is 0 Å². The summed E-state index contributed by atoms with van der Waals surface area (Å²) in [6.07, 6.45) is -3.31. The van der Waals surface area contributed by atoms with E-state index in [1.165, 1.54) is 30.5 Å². The van der Waals surface area contributed by atoms with Gasteiger partial charge >= 0.3 is 6.36 Å². The Bertz CT molecular complexity index is 873. The maximum atomic E-state index is 12.2. The van der Waals surface area contributed by atoms with E-state index in [0.717, 1.165) is 5.69 Å². The number of aromatic nitrogens is 2. The molecule has 0 atom stereocenters. The number of nitrogens with one attached hydrogen (secondary N) is 2. The van der Waals surface area contributed by atoms with Gasteiger partial charge in [-0.2, -0.15) is 4.98 Å². The molecule has 0 aliphatic rings. The second-order valence-corrected chi connectivity index (χ2v) is 5.49. The maximum absolute atomic E-state index is 12.2. The number of rotatable bonds is 5.